The monoisotopic (exact) mass is 800 g/mol. The van der Waals surface area contributed by atoms with Gasteiger partial charge in [-0.15, -0.1) is 0 Å². The molecular formula is C51H93NO5. The highest BCUT2D eigenvalue weighted by Crippen LogP contribution is 2.14. The van der Waals surface area contributed by atoms with Gasteiger partial charge in [-0.05, 0) is 89.9 Å². The second kappa shape index (κ2) is 46.5. The molecule has 0 spiro atoms. The maximum absolute atomic E-state index is 12.4. The minimum absolute atomic E-state index is 0.0437. The highest BCUT2D eigenvalue weighted by Gasteiger charge is 2.18. The maximum Gasteiger partial charge on any atom is 0.305 e. The minimum atomic E-state index is -0.865. The Morgan fingerprint density at radius 2 is 0.877 bits per heavy atom. The standard InChI is InChI=1S/C51H93NO5/c1-3-5-7-9-11-13-15-16-17-18-19-20-21-22-24-29-33-37-41-45-51(56)57-46-42-38-34-30-26-25-28-32-36-40-44-50(55)52-48(47-53)49(54)43-39-35-31-27-23-14-12-10-8-6-4-2/h11,13,16-17,26,30,39,43,48-49,53-54H,3-10,12,14-15,18-25,27-29,31-38,40-42,44-47H2,1-2H3,(H,52,55)/b13-11-,17-16-,30-26-,43-39+. The zero-order valence-electron chi connectivity index (χ0n) is 37.6. The molecule has 0 rings (SSSR count). The van der Waals surface area contributed by atoms with Crippen LogP contribution < -0.4 is 5.32 Å². The molecule has 0 saturated carbocycles. The average Bonchev–Trinajstić information content (AvgIpc) is 3.21. The summed E-state index contributed by atoms with van der Waals surface area (Å²) in [5, 5.41) is 22.9. The van der Waals surface area contributed by atoms with Gasteiger partial charge in [0.2, 0.25) is 5.91 Å². The van der Waals surface area contributed by atoms with Crippen molar-refractivity contribution in [3.8, 4) is 0 Å². The number of rotatable bonds is 44. The van der Waals surface area contributed by atoms with E-state index in [0.29, 0.717) is 19.4 Å². The third kappa shape index (κ3) is 43.2. The Bertz CT molecular complexity index is 973. The number of hydrogen-bond acceptors (Lipinski definition) is 5. The Balaban J connectivity index is 3.54. The van der Waals surface area contributed by atoms with Crippen LogP contribution in [0.2, 0.25) is 0 Å². The SMILES string of the molecule is CCCCC/C=C\C/C=C\CCCCCCCCCCCC(=O)OCCCC/C=C\CCCCCCC(=O)NC(CO)C(O)/C=C/CCCCCCCCCCC. The quantitative estimate of drug-likeness (QED) is 0.0324. The van der Waals surface area contributed by atoms with Gasteiger partial charge in [-0.3, -0.25) is 9.59 Å². The Morgan fingerprint density at radius 1 is 0.491 bits per heavy atom. The van der Waals surface area contributed by atoms with Gasteiger partial charge in [0.1, 0.15) is 0 Å². The molecule has 6 nitrogen and oxygen atoms in total. The van der Waals surface area contributed by atoms with E-state index in [9.17, 15) is 19.8 Å². The molecule has 6 heteroatoms. The topological polar surface area (TPSA) is 95.9 Å². The fourth-order valence-corrected chi connectivity index (χ4v) is 7.01. The molecule has 0 radical (unpaired) electrons. The first kappa shape index (κ1) is 54.8. The van der Waals surface area contributed by atoms with E-state index >= 15 is 0 Å². The molecule has 0 aliphatic carbocycles. The maximum atomic E-state index is 12.4. The van der Waals surface area contributed by atoms with Crippen LogP contribution in [-0.4, -0.2) is 47.4 Å². The first-order valence-electron chi connectivity index (χ1n) is 24.4. The lowest BCUT2D eigenvalue weighted by Crippen LogP contribution is -2.45. The molecule has 57 heavy (non-hydrogen) atoms. The molecule has 0 heterocycles. The largest absolute Gasteiger partial charge is 0.466 e. The van der Waals surface area contributed by atoms with Gasteiger partial charge < -0.3 is 20.3 Å². The second-order valence-electron chi connectivity index (χ2n) is 16.4. The van der Waals surface area contributed by atoms with Crippen LogP contribution in [-0.2, 0) is 14.3 Å². The molecular weight excluding hydrogens is 707 g/mol. The molecule has 0 aromatic carbocycles. The van der Waals surface area contributed by atoms with Gasteiger partial charge in [0.15, 0.2) is 0 Å². The number of carbonyl (C=O) groups excluding carboxylic acids is 2. The van der Waals surface area contributed by atoms with Crippen LogP contribution in [0.4, 0.5) is 0 Å². The van der Waals surface area contributed by atoms with Crippen LogP contribution >= 0.6 is 0 Å². The fraction of sp³-hybridized carbons (Fsp3) is 0.804. The Kier molecular flexibility index (Phi) is 44.7. The van der Waals surface area contributed by atoms with E-state index in [-0.39, 0.29) is 18.5 Å². The lowest BCUT2D eigenvalue weighted by atomic mass is 10.1. The number of ether oxygens (including phenoxy) is 1. The number of hydrogen-bond donors (Lipinski definition) is 3. The molecule has 332 valence electrons. The summed E-state index contributed by atoms with van der Waals surface area (Å²) >= 11 is 0. The lowest BCUT2D eigenvalue weighted by Gasteiger charge is -2.20. The van der Waals surface area contributed by atoms with Crippen molar-refractivity contribution in [2.45, 2.75) is 251 Å². The summed E-state index contributed by atoms with van der Waals surface area (Å²) < 4.78 is 5.43. The van der Waals surface area contributed by atoms with E-state index < -0.39 is 12.1 Å². The van der Waals surface area contributed by atoms with Crippen molar-refractivity contribution in [2.75, 3.05) is 13.2 Å². The molecule has 0 aromatic rings. The lowest BCUT2D eigenvalue weighted by molar-refractivity contribution is -0.143. The van der Waals surface area contributed by atoms with Crippen molar-refractivity contribution in [3.63, 3.8) is 0 Å². The molecule has 0 bridgehead atoms. The Labute approximate surface area is 353 Å². The third-order valence-electron chi connectivity index (χ3n) is 10.8. The van der Waals surface area contributed by atoms with E-state index in [1.165, 1.54) is 128 Å². The fourth-order valence-electron chi connectivity index (χ4n) is 7.01. The molecule has 0 aliphatic rings. The van der Waals surface area contributed by atoms with Gasteiger partial charge in [0.25, 0.3) is 0 Å². The van der Waals surface area contributed by atoms with Gasteiger partial charge in [-0.2, -0.15) is 0 Å². The van der Waals surface area contributed by atoms with E-state index in [1.807, 2.05) is 6.08 Å². The summed E-state index contributed by atoms with van der Waals surface area (Å²) in [5.41, 5.74) is 0. The highest BCUT2D eigenvalue weighted by atomic mass is 16.5. The number of esters is 1. The van der Waals surface area contributed by atoms with E-state index in [4.69, 9.17) is 4.74 Å². The molecule has 2 unspecified atom stereocenters. The summed E-state index contributed by atoms with van der Waals surface area (Å²) in [6.07, 6.45) is 56.8. The van der Waals surface area contributed by atoms with Crippen molar-refractivity contribution < 1.29 is 24.5 Å². The second-order valence-corrected chi connectivity index (χ2v) is 16.4. The summed E-state index contributed by atoms with van der Waals surface area (Å²) in [4.78, 5) is 24.4. The molecule has 2 atom stereocenters. The van der Waals surface area contributed by atoms with Gasteiger partial charge in [0, 0.05) is 12.8 Å². The number of allylic oxidation sites excluding steroid dienone is 7. The summed E-state index contributed by atoms with van der Waals surface area (Å²) in [5.74, 6) is -0.151. The van der Waals surface area contributed by atoms with Crippen LogP contribution in [0.3, 0.4) is 0 Å². The third-order valence-corrected chi connectivity index (χ3v) is 10.8. The normalized spacial score (nSPS) is 13.1. The van der Waals surface area contributed by atoms with Crippen molar-refractivity contribution in [1.82, 2.24) is 5.32 Å². The minimum Gasteiger partial charge on any atom is -0.466 e. The number of aliphatic hydroxyl groups excluding tert-OH is 2. The van der Waals surface area contributed by atoms with Crippen molar-refractivity contribution in [1.29, 1.82) is 0 Å². The molecule has 3 N–H and O–H groups in total. The van der Waals surface area contributed by atoms with Crippen LogP contribution in [0, 0.1) is 0 Å². The van der Waals surface area contributed by atoms with E-state index in [1.54, 1.807) is 6.08 Å². The van der Waals surface area contributed by atoms with Gasteiger partial charge >= 0.3 is 5.97 Å². The summed E-state index contributed by atoms with van der Waals surface area (Å²) in [7, 11) is 0. The first-order valence-corrected chi connectivity index (χ1v) is 24.4. The number of nitrogens with one attached hydrogen (secondary N) is 1. The van der Waals surface area contributed by atoms with Crippen LogP contribution in [0.15, 0.2) is 48.6 Å². The predicted molar refractivity (Wildman–Crippen MR) is 245 cm³/mol. The van der Waals surface area contributed by atoms with Gasteiger partial charge in [-0.1, -0.05) is 184 Å². The van der Waals surface area contributed by atoms with Crippen LogP contribution in [0.5, 0.6) is 0 Å². The molecule has 0 aromatic heterocycles. The number of carbonyl (C=O) groups is 2. The van der Waals surface area contributed by atoms with Crippen LogP contribution in [0.25, 0.3) is 0 Å². The van der Waals surface area contributed by atoms with Crippen molar-refractivity contribution in [3.05, 3.63) is 48.6 Å². The van der Waals surface area contributed by atoms with Crippen molar-refractivity contribution >= 4 is 11.9 Å². The summed E-state index contributed by atoms with van der Waals surface area (Å²) in [6.45, 7) is 4.76. The smallest absolute Gasteiger partial charge is 0.305 e. The predicted octanol–water partition coefficient (Wildman–Crippen LogP) is 14.3. The van der Waals surface area contributed by atoms with E-state index in [0.717, 1.165) is 83.5 Å². The van der Waals surface area contributed by atoms with E-state index in [2.05, 4.69) is 55.6 Å². The Hall–Kier alpha value is -2.18. The average molecular weight is 800 g/mol. The first-order chi connectivity index (χ1) is 28.0. The van der Waals surface area contributed by atoms with Gasteiger partial charge in [0.05, 0.1) is 25.4 Å². The van der Waals surface area contributed by atoms with Gasteiger partial charge in [-0.25, -0.2) is 0 Å². The zero-order chi connectivity index (χ0) is 41.5. The number of unbranched alkanes of at least 4 members (excludes halogenated alkanes) is 27. The molecule has 0 aliphatic heterocycles. The summed E-state index contributed by atoms with van der Waals surface area (Å²) in [6, 6.07) is -0.653. The number of amides is 1. The zero-order valence-corrected chi connectivity index (χ0v) is 37.6. The molecule has 0 fully saturated rings. The number of aliphatic hydroxyl groups is 2. The highest BCUT2D eigenvalue weighted by molar-refractivity contribution is 5.76. The molecule has 1 amide bonds. The molecule has 0 saturated heterocycles. The Morgan fingerprint density at radius 3 is 1.39 bits per heavy atom. The van der Waals surface area contributed by atoms with Crippen molar-refractivity contribution in [2.24, 2.45) is 0 Å². The van der Waals surface area contributed by atoms with Crippen LogP contribution in [0.1, 0.15) is 239 Å².